The number of aliphatic carboxylic acids is 1. The van der Waals surface area contributed by atoms with Crippen molar-refractivity contribution in [1.82, 2.24) is 5.32 Å². The van der Waals surface area contributed by atoms with Crippen molar-refractivity contribution in [3.63, 3.8) is 0 Å². The van der Waals surface area contributed by atoms with E-state index in [0.29, 0.717) is 11.1 Å². The van der Waals surface area contributed by atoms with Crippen molar-refractivity contribution >= 4 is 23.7 Å². The van der Waals surface area contributed by atoms with Crippen molar-refractivity contribution in [1.29, 1.82) is 0 Å². The Morgan fingerprint density at radius 1 is 1.19 bits per heavy atom. The summed E-state index contributed by atoms with van der Waals surface area (Å²) in [6, 6.07) is 10.3. The van der Waals surface area contributed by atoms with E-state index in [1.165, 1.54) is 12.1 Å². The second-order valence-corrected chi connectivity index (χ2v) is 7.48. The standard InChI is InChI=1S/C20H21ClFNO4/c1-20(2,3)27-19(26)23-17(18(24)25)10-12-5-4-6-13(9-12)14-7-8-16(22)15(21)11-14/h4-9,11,17H,10H2,1-3H3,(H,23,26)(H,24,25)/t17-/m1/s1. The minimum absolute atomic E-state index is 0.00732. The molecular weight excluding hydrogens is 373 g/mol. The number of ether oxygens (including phenoxy) is 1. The number of rotatable bonds is 5. The van der Waals surface area contributed by atoms with Gasteiger partial charge in [0.05, 0.1) is 5.02 Å². The smallest absolute Gasteiger partial charge is 0.408 e. The molecule has 0 saturated heterocycles. The first-order valence-electron chi connectivity index (χ1n) is 8.32. The van der Waals surface area contributed by atoms with Gasteiger partial charge < -0.3 is 15.2 Å². The highest BCUT2D eigenvalue weighted by atomic mass is 35.5. The fourth-order valence-electron chi connectivity index (χ4n) is 2.44. The van der Waals surface area contributed by atoms with Gasteiger partial charge in [0.1, 0.15) is 17.5 Å². The zero-order chi connectivity index (χ0) is 20.2. The van der Waals surface area contributed by atoms with Crippen LogP contribution in [0.4, 0.5) is 9.18 Å². The second kappa shape index (κ2) is 8.39. The minimum Gasteiger partial charge on any atom is -0.480 e. The molecule has 2 aromatic rings. The molecule has 0 aliphatic carbocycles. The number of hydrogen-bond acceptors (Lipinski definition) is 3. The topological polar surface area (TPSA) is 75.6 Å². The summed E-state index contributed by atoms with van der Waals surface area (Å²) in [7, 11) is 0. The van der Waals surface area contributed by atoms with E-state index >= 15 is 0 Å². The van der Waals surface area contributed by atoms with Gasteiger partial charge in [-0.15, -0.1) is 0 Å². The van der Waals surface area contributed by atoms with Crippen molar-refractivity contribution in [2.75, 3.05) is 0 Å². The van der Waals surface area contributed by atoms with Crippen LogP contribution >= 0.6 is 11.6 Å². The van der Waals surface area contributed by atoms with Crippen LogP contribution in [0.1, 0.15) is 26.3 Å². The van der Waals surface area contributed by atoms with Gasteiger partial charge in [-0.05, 0) is 49.6 Å². The van der Waals surface area contributed by atoms with E-state index in [-0.39, 0.29) is 11.4 Å². The molecule has 2 aromatic carbocycles. The minimum atomic E-state index is -1.17. The third-order valence-corrected chi connectivity index (χ3v) is 3.90. The molecule has 0 saturated carbocycles. The van der Waals surface area contributed by atoms with Gasteiger partial charge in [0.2, 0.25) is 0 Å². The number of carbonyl (C=O) groups is 2. The summed E-state index contributed by atoms with van der Waals surface area (Å²) in [5.74, 6) is -1.68. The van der Waals surface area contributed by atoms with Gasteiger partial charge >= 0.3 is 12.1 Å². The molecule has 0 spiro atoms. The van der Waals surface area contributed by atoms with Gasteiger partial charge in [-0.2, -0.15) is 0 Å². The zero-order valence-corrected chi connectivity index (χ0v) is 16.0. The van der Waals surface area contributed by atoms with E-state index in [4.69, 9.17) is 16.3 Å². The Kier molecular flexibility index (Phi) is 6.44. The first-order chi connectivity index (χ1) is 12.5. The summed E-state index contributed by atoms with van der Waals surface area (Å²) in [5, 5.41) is 11.8. The average molecular weight is 394 g/mol. The van der Waals surface area contributed by atoms with Crippen LogP contribution in [-0.2, 0) is 16.0 Å². The molecular formula is C20H21ClFNO4. The lowest BCUT2D eigenvalue weighted by molar-refractivity contribution is -0.139. The number of halogens is 2. The van der Waals surface area contributed by atoms with Crippen molar-refractivity contribution in [3.05, 3.63) is 58.9 Å². The molecule has 0 aliphatic heterocycles. The molecule has 0 heterocycles. The van der Waals surface area contributed by atoms with Crippen molar-refractivity contribution in [2.24, 2.45) is 0 Å². The van der Waals surface area contributed by atoms with Crippen LogP contribution in [0, 0.1) is 5.82 Å². The fourth-order valence-corrected chi connectivity index (χ4v) is 2.62. The molecule has 0 bridgehead atoms. The van der Waals surface area contributed by atoms with E-state index < -0.39 is 29.5 Å². The lowest BCUT2D eigenvalue weighted by Gasteiger charge is -2.22. The lowest BCUT2D eigenvalue weighted by Crippen LogP contribution is -2.44. The van der Waals surface area contributed by atoms with Crippen LogP contribution in [0.5, 0.6) is 0 Å². The van der Waals surface area contributed by atoms with Crippen LogP contribution in [0.15, 0.2) is 42.5 Å². The van der Waals surface area contributed by atoms with Gasteiger partial charge in [0.15, 0.2) is 0 Å². The van der Waals surface area contributed by atoms with Crippen LogP contribution in [0.3, 0.4) is 0 Å². The SMILES string of the molecule is CC(C)(C)OC(=O)N[C@H](Cc1cccc(-c2ccc(F)c(Cl)c2)c1)C(=O)O. The Morgan fingerprint density at radius 2 is 1.85 bits per heavy atom. The van der Waals surface area contributed by atoms with Crippen LogP contribution in [0.2, 0.25) is 5.02 Å². The zero-order valence-electron chi connectivity index (χ0n) is 15.3. The monoisotopic (exact) mass is 393 g/mol. The summed E-state index contributed by atoms with van der Waals surface area (Å²) >= 11 is 5.83. The maximum Gasteiger partial charge on any atom is 0.408 e. The number of carbonyl (C=O) groups excluding carboxylic acids is 1. The summed E-state index contributed by atoms with van der Waals surface area (Å²) in [6.45, 7) is 5.08. The van der Waals surface area contributed by atoms with Gasteiger partial charge in [-0.3, -0.25) is 0 Å². The molecule has 0 aromatic heterocycles. The average Bonchev–Trinajstić information content (AvgIpc) is 2.55. The number of alkyl carbamates (subject to hydrolysis) is 1. The van der Waals surface area contributed by atoms with Crippen LogP contribution in [-0.4, -0.2) is 28.8 Å². The maximum atomic E-state index is 13.3. The van der Waals surface area contributed by atoms with Crippen molar-refractivity contribution < 1.29 is 23.8 Å². The van der Waals surface area contributed by atoms with E-state index in [2.05, 4.69) is 5.32 Å². The number of carboxylic acids is 1. The van der Waals surface area contributed by atoms with Gasteiger partial charge in [0, 0.05) is 6.42 Å². The van der Waals surface area contributed by atoms with Crippen LogP contribution in [0.25, 0.3) is 11.1 Å². The molecule has 27 heavy (non-hydrogen) atoms. The summed E-state index contributed by atoms with van der Waals surface area (Å²) in [4.78, 5) is 23.4. The maximum absolute atomic E-state index is 13.3. The molecule has 0 unspecified atom stereocenters. The first kappa shape index (κ1) is 20.7. The number of hydrogen-bond donors (Lipinski definition) is 2. The summed E-state index contributed by atoms with van der Waals surface area (Å²) in [5.41, 5.74) is 1.43. The first-order valence-corrected chi connectivity index (χ1v) is 8.69. The molecule has 5 nitrogen and oxygen atoms in total. The largest absolute Gasteiger partial charge is 0.480 e. The van der Waals surface area contributed by atoms with Crippen LogP contribution < -0.4 is 5.32 Å². The third kappa shape index (κ3) is 6.25. The Balaban J connectivity index is 2.18. The Morgan fingerprint density at radius 3 is 2.44 bits per heavy atom. The Bertz CT molecular complexity index is 848. The molecule has 0 aliphatic rings. The highest BCUT2D eigenvalue weighted by Crippen LogP contribution is 2.26. The molecule has 2 rings (SSSR count). The highest BCUT2D eigenvalue weighted by molar-refractivity contribution is 6.31. The number of benzene rings is 2. The molecule has 7 heteroatoms. The molecule has 1 atom stereocenters. The van der Waals surface area contributed by atoms with Gasteiger partial charge in [-0.25, -0.2) is 14.0 Å². The molecule has 144 valence electrons. The quantitative estimate of drug-likeness (QED) is 0.774. The normalized spacial score (nSPS) is 12.3. The molecule has 0 fully saturated rings. The summed E-state index contributed by atoms with van der Waals surface area (Å²) in [6.07, 6.45) is -0.728. The van der Waals surface area contributed by atoms with E-state index in [1.807, 2.05) is 6.07 Å². The van der Waals surface area contributed by atoms with E-state index in [1.54, 1.807) is 45.0 Å². The van der Waals surface area contributed by atoms with E-state index in [9.17, 15) is 19.1 Å². The fraction of sp³-hybridized carbons (Fsp3) is 0.300. The molecule has 0 radical (unpaired) electrons. The number of carboxylic acid groups (broad SMARTS) is 1. The Hall–Kier alpha value is -2.60. The lowest BCUT2D eigenvalue weighted by atomic mass is 9.99. The Labute approximate surface area is 162 Å². The van der Waals surface area contributed by atoms with Crippen molar-refractivity contribution in [2.45, 2.75) is 38.8 Å². The van der Waals surface area contributed by atoms with Gasteiger partial charge in [-0.1, -0.05) is 41.9 Å². The third-order valence-electron chi connectivity index (χ3n) is 3.61. The number of amides is 1. The van der Waals surface area contributed by atoms with E-state index in [0.717, 1.165) is 5.56 Å². The van der Waals surface area contributed by atoms with Crippen molar-refractivity contribution in [3.8, 4) is 11.1 Å². The summed E-state index contributed by atoms with van der Waals surface area (Å²) < 4.78 is 18.5. The highest BCUT2D eigenvalue weighted by Gasteiger charge is 2.24. The predicted octanol–water partition coefficient (Wildman–Crippen LogP) is 4.67. The second-order valence-electron chi connectivity index (χ2n) is 7.07. The molecule has 2 N–H and O–H groups in total. The predicted molar refractivity (Wildman–Crippen MR) is 101 cm³/mol. The number of nitrogens with one attached hydrogen (secondary N) is 1. The molecule has 1 amide bonds. The van der Waals surface area contributed by atoms with Gasteiger partial charge in [0.25, 0.3) is 0 Å².